The van der Waals surface area contributed by atoms with Crippen LogP contribution in [0.5, 0.6) is 0 Å². The highest BCUT2D eigenvalue weighted by molar-refractivity contribution is 6.20. The number of hydrogen-bond acceptors (Lipinski definition) is 2. The fraction of sp³-hybridized carbons (Fsp3) is 0.333. The van der Waals surface area contributed by atoms with E-state index in [9.17, 15) is 13.2 Å². The number of hydrogen-bond donors (Lipinski definition) is 0. The predicted octanol–water partition coefficient (Wildman–Crippen LogP) is 3.98. The lowest BCUT2D eigenvalue weighted by molar-refractivity contribution is -0.137. The molecule has 0 fully saturated rings. The van der Waals surface area contributed by atoms with Crippen molar-refractivity contribution in [1.82, 2.24) is 15.0 Å². The van der Waals surface area contributed by atoms with Crippen LogP contribution < -0.4 is 0 Å². The summed E-state index contributed by atoms with van der Waals surface area (Å²) in [5.41, 5.74) is 0.413. The quantitative estimate of drug-likeness (QED) is 0.800. The molecule has 2 aromatic rings. The number of rotatable bonds is 3. The van der Waals surface area contributed by atoms with Gasteiger partial charge in [-0.3, -0.25) is 0 Å². The molecular formula is C12H11ClF3N3. The molecule has 0 bridgehead atoms. The highest BCUT2D eigenvalue weighted by atomic mass is 35.5. The Balaban J connectivity index is 2.25. The average molecular weight is 290 g/mol. The summed E-state index contributed by atoms with van der Waals surface area (Å²) in [6, 6.07) is 4.70. The van der Waals surface area contributed by atoms with Crippen molar-refractivity contribution >= 4 is 11.6 Å². The second-order valence-corrected chi connectivity index (χ2v) is 4.54. The van der Waals surface area contributed by atoms with Crippen molar-refractivity contribution in [3.63, 3.8) is 0 Å². The second-order valence-electron chi connectivity index (χ2n) is 4.01. The van der Waals surface area contributed by atoms with Gasteiger partial charge in [-0.05, 0) is 30.7 Å². The largest absolute Gasteiger partial charge is 0.416 e. The van der Waals surface area contributed by atoms with Gasteiger partial charge in [0.2, 0.25) is 0 Å². The van der Waals surface area contributed by atoms with E-state index in [0.29, 0.717) is 17.8 Å². The second kappa shape index (κ2) is 5.21. The topological polar surface area (TPSA) is 30.7 Å². The van der Waals surface area contributed by atoms with Gasteiger partial charge >= 0.3 is 6.18 Å². The fourth-order valence-corrected chi connectivity index (χ4v) is 1.66. The standard InChI is InChI=1S/C12H11ClF3N3/c1-2-10(13)11-7-19(18-17-11)9-5-3-8(4-6-9)12(14,15)16/h3-7,10H,2H2,1H3. The number of aromatic nitrogens is 3. The Morgan fingerprint density at radius 2 is 1.89 bits per heavy atom. The zero-order chi connectivity index (χ0) is 14.0. The minimum Gasteiger partial charge on any atom is -0.220 e. The third-order valence-electron chi connectivity index (χ3n) is 2.65. The molecule has 7 heteroatoms. The first-order valence-corrected chi connectivity index (χ1v) is 6.09. The van der Waals surface area contributed by atoms with Crippen molar-refractivity contribution in [2.24, 2.45) is 0 Å². The van der Waals surface area contributed by atoms with Crippen LogP contribution >= 0.6 is 11.6 Å². The van der Waals surface area contributed by atoms with Gasteiger partial charge in [0.1, 0.15) is 5.69 Å². The van der Waals surface area contributed by atoms with Crippen LogP contribution in [-0.2, 0) is 6.18 Å². The summed E-state index contributed by atoms with van der Waals surface area (Å²) in [6.07, 6.45) is -2.02. The average Bonchev–Trinajstić information content (AvgIpc) is 2.86. The van der Waals surface area contributed by atoms with Crippen molar-refractivity contribution in [2.45, 2.75) is 24.9 Å². The van der Waals surface area contributed by atoms with Crippen molar-refractivity contribution < 1.29 is 13.2 Å². The molecule has 0 spiro atoms. The Morgan fingerprint density at radius 1 is 1.26 bits per heavy atom. The molecule has 0 radical (unpaired) electrons. The van der Waals surface area contributed by atoms with Gasteiger partial charge in [-0.1, -0.05) is 12.1 Å². The normalized spacial score (nSPS) is 13.5. The summed E-state index contributed by atoms with van der Waals surface area (Å²) < 4.78 is 38.7. The summed E-state index contributed by atoms with van der Waals surface area (Å²) in [4.78, 5) is 0. The maximum Gasteiger partial charge on any atom is 0.416 e. The number of halogens is 4. The van der Waals surface area contributed by atoms with Gasteiger partial charge in [-0.2, -0.15) is 13.2 Å². The molecule has 19 heavy (non-hydrogen) atoms. The Hall–Kier alpha value is -1.56. The lowest BCUT2D eigenvalue weighted by Crippen LogP contribution is -2.05. The van der Waals surface area contributed by atoms with Crippen LogP contribution in [0.3, 0.4) is 0 Å². The smallest absolute Gasteiger partial charge is 0.220 e. The molecule has 102 valence electrons. The van der Waals surface area contributed by atoms with Gasteiger partial charge < -0.3 is 0 Å². The molecule has 2 rings (SSSR count). The van der Waals surface area contributed by atoms with E-state index in [4.69, 9.17) is 11.6 Å². The Labute approximate surface area is 113 Å². The summed E-state index contributed by atoms with van der Waals surface area (Å²) in [5.74, 6) is 0. The Bertz CT molecular complexity index is 548. The van der Waals surface area contributed by atoms with Crippen LogP contribution in [0, 0.1) is 0 Å². The van der Waals surface area contributed by atoms with E-state index >= 15 is 0 Å². The molecule has 0 amide bonds. The van der Waals surface area contributed by atoms with Crippen molar-refractivity contribution in [2.75, 3.05) is 0 Å². The molecular weight excluding hydrogens is 279 g/mol. The van der Waals surface area contributed by atoms with Crippen LogP contribution in [0.25, 0.3) is 5.69 Å². The Morgan fingerprint density at radius 3 is 2.42 bits per heavy atom. The van der Waals surface area contributed by atoms with E-state index in [1.165, 1.54) is 16.8 Å². The van der Waals surface area contributed by atoms with E-state index in [1.807, 2.05) is 6.92 Å². The molecule has 1 heterocycles. The van der Waals surface area contributed by atoms with Crippen LogP contribution in [-0.4, -0.2) is 15.0 Å². The lowest BCUT2D eigenvalue weighted by Gasteiger charge is -2.07. The molecule has 0 saturated heterocycles. The first-order chi connectivity index (χ1) is 8.91. The number of benzene rings is 1. The molecule has 0 aliphatic heterocycles. The first-order valence-electron chi connectivity index (χ1n) is 5.65. The highest BCUT2D eigenvalue weighted by Crippen LogP contribution is 2.29. The summed E-state index contributed by atoms with van der Waals surface area (Å²) >= 11 is 6.01. The third kappa shape index (κ3) is 3.07. The molecule has 0 saturated carbocycles. The van der Waals surface area contributed by atoms with E-state index in [1.54, 1.807) is 6.20 Å². The maximum absolute atomic E-state index is 12.4. The minimum atomic E-state index is -4.34. The highest BCUT2D eigenvalue weighted by Gasteiger charge is 2.30. The molecule has 3 nitrogen and oxygen atoms in total. The summed E-state index contributed by atoms with van der Waals surface area (Å²) in [7, 11) is 0. The molecule has 1 aromatic heterocycles. The lowest BCUT2D eigenvalue weighted by atomic mass is 10.2. The Kier molecular flexibility index (Phi) is 3.80. The van der Waals surface area contributed by atoms with Crippen LogP contribution in [0.4, 0.5) is 13.2 Å². The van der Waals surface area contributed by atoms with Crippen molar-refractivity contribution in [3.8, 4) is 5.69 Å². The van der Waals surface area contributed by atoms with Crippen LogP contribution in [0.2, 0.25) is 0 Å². The molecule has 0 N–H and O–H groups in total. The summed E-state index contributed by atoms with van der Waals surface area (Å²) in [6.45, 7) is 1.91. The van der Waals surface area contributed by atoms with Crippen molar-refractivity contribution in [3.05, 3.63) is 41.7 Å². The van der Waals surface area contributed by atoms with Gasteiger partial charge in [0.15, 0.2) is 0 Å². The monoisotopic (exact) mass is 289 g/mol. The van der Waals surface area contributed by atoms with E-state index in [-0.39, 0.29) is 5.38 Å². The zero-order valence-corrected chi connectivity index (χ0v) is 10.8. The SMILES string of the molecule is CCC(Cl)c1cn(-c2ccc(C(F)(F)F)cc2)nn1. The molecule has 0 aliphatic carbocycles. The van der Waals surface area contributed by atoms with E-state index < -0.39 is 11.7 Å². The van der Waals surface area contributed by atoms with Gasteiger partial charge in [0.25, 0.3) is 0 Å². The van der Waals surface area contributed by atoms with Gasteiger partial charge in [0, 0.05) is 0 Å². The number of nitrogens with zero attached hydrogens (tertiary/aromatic N) is 3. The van der Waals surface area contributed by atoms with Gasteiger partial charge in [-0.25, -0.2) is 4.68 Å². The van der Waals surface area contributed by atoms with Gasteiger partial charge in [0.05, 0.1) is 22.8 Å². The molecule has 0 aliphatic rings. The first kappa shape index (κ1) is 13.9. The molecule has 1 atom stereocenters. The molecule has 1 aromatic carbocycles. The van der Waals surface area contributed by atoms with Crippen LogP contribution in [0.15, 0.2) is 30.5 Å². The van der Waals surface area contributed by atoms with Crippen LogP contribution in [0.1, 0.15) is 30.0 Å². The molecule has 1 unspecified atom stereocenters. The van der Waals surface area contributed by atoms with Gasteiger partial charge in [-0.15, -0.1) is 16.7 Å². The van der Waals surface area contributed by atoms with Crippen molar-refractivity contribution in [1.29, 1.82) is 0 Å². The third-order valence-corrected chi connectivity index (χ3v) is 3.18. The fourth-order valence-electron chi connectivity index (χ4n) is 1.56. The van der Waals surface area contributed by atoms with E-state index in [2.05, 4.69) is 10.3 Å². The number of alkyl halides is 4. The predicted molar refractivity (Wildman–Crippen MR) is 65.2 cm³/mol. The zero-order valence-electron chi connectivity index (χ0n) is 10.0. The maximum atomic E-state index is 12.4. The summed E-state index contributed by atoms with van der Waals surface area (Å²) in [5, 5.41) is 7.49. The van der Waals surface area contributed by atoms with E-state index in [0.717, 1.165) is 12.1 Å². The minimum absolute atomic E-state index is 0.247.